The number of rotatable bonds is 6. The van der Waals surface area contributed by atoms with E-state index in [2.05, 4.69) is 15.6 Å². The topological polar surface area (TPSA) is 92.1 Å². The predicted molar refractivity (Wildman–Crippen MR) is 178 cm³/mol. The number of amides is 2. The highest BCUT2D eigenvalue weighted by molar-refractivity contribution is 6.31. The van der Waals surface area contributed by atoms with Gasteiger partial charge >= 0.3 is 6.03 Å². The van der Waals surface area contributed by atoms with Gasteiger partial charge in [-0.25, -0.2) is 14.8 Å². The van der Waals surface area contributed by atoms with Crippen molar-refractivity contribution < 1.29 is 9.90 Å². The molecule has 0 aliphatic carbocycles. The van der Waals surface area contributed by atoms with E-state index in [0.717, 1.165) is 27.9 Å². The summed E-state index contributed by atoms with van der Waals surface area (Å²) >= 11 is 12.6. The minimum atomic E-state index is -1.56. The monoisotopic (exact) mass is 621 g/mol. The fourth-order valence-electron chi connectivity index (χ4n) is 5.40. The van der Waals surface area contributed by atoms with E-state index in [-0.39, 0.29) is 0 Å². The van der Waals surface area contributed by atoms with Gasteiger partial charge < -0.3 is 15.0 Å². The molecule has 44 heavy (non-hydrogen) atoms. The van der Waals surface area contributed by atoms with E-state index < -0.39 is 11.6 Å². The van der Waals surface area contributed by atoms with Crippen LogP contribution in [0, 0.1) is 13.8 Å². The molecule has 0 aliphatic rings. The normalized spacial score (nSPS) is 12.6. The SMILES string of the molecule is Cc1cccc(NC(=O)Nc2cc(-c3cccc(Cl)c3)c3cc(C(O)(c4ccc(Cl)cc4)c4cnc(C)n4C)ccc3n2)c1. The number of aliphatic hydroxyl groups is 1. The summed E-state index contributed by atoms with van der Waals surface area (Å²) in [5, 5.41) is 20.2. The maximum absolute atomic E-state index is 13.0. The quantitative estimate of drug-likeness (QED) is 0.174. The molecule has 2 amide bonds. The van der Waals surface area contributed by atoms with E-state index in [1.165, 1.54) is 0 Å². The first-order valence-electron chi connectivity index (χ1n) is 13.9. The van der Waals surface area contributed by atoms with Gasteiger partial charge in [-0.1, -0.05) is 65.7 Å². The first-order chi connectivity index (χ1) is 21.1. The molecule has 6 aromatic rings. The standard InChI is InChI=1S/C35H29Cl2N5O2/c1-21-6-4-9-28(16-21)39-34(43)41-33-19-29(23-7-5-8-27(37)17-23)30-18-25(12-15-31(30)40-33)35(44,24-10-13-26(36)14-11-24)32-20-38-22(2)42(32)3/h4-20,44H,1-3H3,(H2,39,40,41,43). The molecular formula is C35H29Cl2N5O2. The number of aromatic nitrogens is 3. The number of pyridine rings is 1. The lowest BCUT2D eigenvalue weighted by molar-refractivity contribution is 0.117. The fourth-order valence-corrected chi connectivity index (χ4v) is 5.72. The van der Waals surface area contributed by atoms with Gasteiger partial charge in [0.15, 0.2) is 5.60 Å². The Balaban J connectivity index is 1.50. The van der Waals surface area contributed by atoms with Crippen molar-refractivity contribution in [3.05, 3.63) is 142 Å². The Bertz CT molecular complexity index is 2020. The van der Waals surface area contributed by atoms with Crippen molar-refractivity contribution in [3.8, 4) is 11.1 Å². The van der Waals surface area contributed by atoms with Crippen LogP contribution in [-0.2, 0) is 12.6 Å². The van der Waals surface area contributed by atoms with E-state index in [9.17, 15) is 9.90 Å². The number of aryl methyl sites for hydroxylation is 2. The van der Waals surface area contributed by atoms with Gasteiger partial charge in [0, 0.05) is 28.2 Å². The number of benzene rings is 4. The summed E-state index contributed by atoms with van der Waals surface area (Å²) < 4.78 is 1.87. The molecule has 0 bridgehead atoms. The van der Waals surface area contributed by atoms with E-state index in [4.69, 9.17) is 28.2 Å². The van der Waals surface area contributed by atoms with Gasteiger partial charge in [-0.3, -0.25) is 5.32 Å². The summed E-state index contributed by atoms with van der Waals surface area (Å²) in [5.41, 5.74) is 4.22. The number of halogens is 2. The maximum Gasteiger partial charge on any atom is 0.324 e. The number of carbonyl (C=O) groups excluding carboxylic acids is 1. The van der Waals surface area contributed by atoms with Crippen LogP contribution in [0.5, 0.6) is 0 Å². The average molecular weight is 623 g/mol. The summed E-state index contributed by atoms with van der Waals surface area (Å²) in [4.78, 5) is 22.2. The number of hydrogen-bond acceptors (Lipinski definition) is 4. The number of nitrogens with one attached hydrogen (secondary N) is 2. The van der Waals surface area contributed by atoms with Crippen LogP contribution in [0.4, 0.5) is 16.3 Å². The predicted octanol–water partition coefficient (Wildman–Crippen LogP) is 8.49. The summed E-state index contributed by atoms with van der Waals surface area (Å²) in [6, 6.07) is 29.1. The molecule has 220 valence electrons. The summed E-state index contributed by atoms with van der Waals surface area (Å²) in [6.07, 6.45) is 1.68. The molecule has 7 nitrogen and oxygen atoms in total. The molecule has 1 atom stereocenters. The first kappa shape index (κ1) is 29.4. The number of imidazole rings is 1. The maximum atomic E-state index is 13.0. The molecule has 9 heteroatoms. The van der Waals surface area contributed by atoms with Crippen LogP contribution >= 0.6 is 23.2 Å². The summed E-state index contributed by atoms with van der Waals surface area (Å²) in [6.45, 7) is 3.85. The molecule has 0 spiro atoms. The third kappa shape index (κ3) is 5.65. The van der Waals surface area contributed by atoms with Crippen molar-refractivity contribution in [1.82, 2.24) is 14.5 Å². The average Bonchev–Trinajstić information content (AvgIpc) is 3.34. The molecule has 0 radical (unpaired) electrons. The van der Waals surface area contributed by atoms with Crippen LogP contribution in [0.15, 0.2) is 103 Å². The molecular weight excluding hydrogens is 593 g/mol. The lowest BCUT2D eigenvalue weighted by Gasteiger charge is -2.30. The molecule has 1 unspecified atom stereocenters. The van der Waals surface area contributed by atoms with Crippen LogP contribution in [0.25, 0.3) is 22.0 Å². The van der Waals surface area contributed by atoms with E-state index >= 15 is 0 Å². The van der Waals surface area contributed by atoms with Crippen LogP contribution in [0.3, 0.4) is 0 Å². The zero-order valence-corrected chi connectivity index (χ0v) is 25.8. The zero-order chi connectivity index (χ0) is 31.0. The first-order valence-corrected chi connectivity index (χ1v) is 14.7. The third-order valence-electron chi connectivity index (χ3n) is 7.73. The van der Waals surface area contributed by atoms with Gasteiger partial charge in [0.2, 0.25) is 0 Å². The van der Waals surface area contributed by atoms with Crippen molar-refractivity contribution in [1.29, 1.82) is 0 Å². The smallest absolute Gasteiger partial charge is 0.324 e. The summed E-state index contributed by atoms with van der Waals surface area (Å²) in [5.74, 6) is 1.12. The van der Waals surface area contributed by atoms with Crippen LogP contribution in [0.2, 0.25) is 10.0 Å². The lowest BCUT2D eigenvalue weighted by atomic mass is 9.82. The van der Waals surface area contributed by atoms with E-state index in [1.807, 2.05) is 104 Å². The van der Waals surface area contributed by atoms with Gasteiger partial charge in [-0.2, -0.15) is 0 Å². The Morgan fingerprint density at radius 1 is 0.841 bits per heavy atom. The molecule has 0 aliphatic heterocycles. The van der Waals surface area contributed by atoms with Gasteiger partial charge in [0.25, 0.3) is 0 Å². The highest BCUT2D eigenvalue weighted by Crippen LogP contribution is 2.40. The Hall–Kier alpha value is -4.69. The molecule has 2 heterocycles. The zero-order valence-electron chi connectivity index (χ0n) is 24.3. The molecule has 3 N–H and O–H groups in total. The Morgan fingerprint density at radius 3 is 2.30 bits per heavy atom. The minimum absolute atomic E-state index is 0.362. The number of nitrogens with zero attached hydrogens (tertiary/aromatic N) is 3. The van der Waals surface area contributed by atoms with Crippen molar-refractivity contribution in [3.63, 3.8) is 0 Å². The number of hydrogen-bond donors (Lipinski definition) is 3. The van der Waals surface area contributed by atoms with Crippen LogP contribution < -0.4 is 10.6 Å². The van der Waals surface area contributed by atoms with Crippen molar-refractivity contribution in [2.45, 2.75) is 19.4 Å². The Morgan fingerprint density at radius 2 is 1.59 bits per heavy atom. The molecule has 6 rings (SSSR count). The largest absolute Gasteiger partial charge is 0.374 e. The molecule has 0 fully saturated rings. The highest BCUT2D eigenvalue weighted by Gasteiger charge is 2.37. The highest BCUT2D eigenvalue weighted by atomic mass is 35.5. The molecule has 2 aromatic heterocycles. The molecule has 0 saturated carbocycles. The van der Waals surface area contributed by atoms with Gasteiger partial charge in [-0.15, -0.1) is 0 Å². The van der Waals surface area contributed by atoms with Gasteiger partial charge in [0.05, 0.1) is 17.4 Å². The van der Waals surface area contributed by atoms with Gasteiger partial charge in [0.1, 0.15) is 11.6 Å². The second-order valence-corrected chi connectivity index (χ2v) is 11.6. The van der Waals surface area contributed by atoms with Crippen molar-refractivity contribution >= 4 is 51.6 Å². The summed E-state index contributed by atoms with van der Waals surface area (Å²) in [7, 11) is 1.87. The van der Waals surface area contributed by atoms with Crippen molar-refractivity contribution in [2.75, 3.05) is 10.6 Å². The second kappa shape index (κ2) is 11.8. The van der Waals surface area contributed by atoms with Crippen LogP contribution in [-0.4, -0.2) is 25.7 Å². The minimum Gasteiger partial charge on any atom is -0.374 e. The van der Waals surface area contributed by atoms with E-state index in [1.54, 1.807) is 24.4 Å². The van der Waals surface area contributed by atoms with E-state index in [0.29, 0.717) is 43.9 Å². The Kier molecular flexibility index (Phi) is 7.86. The number of anilines is 2. The lowest BCUT2D eigenvalue weighted by Crippen LogP contribution is -2.31. The number of fused-ring (bicyclic) bond motifs is 1. The van der Waals surface area contributed by atoms with Crippen LogP contribution in [0.1, 0.15) is 28.2 Å². The van der Waals surface area contributed by atoms with Crippen molar-refractivity contribution in [2.24, 2.45) is 7.05 Å². The molecule has 4 aromatic carbocycles. The number of carbonyl (C=O) groups is 1. The Labute approximate surface area is 265 Å². The van der Waals surface area contributed by atoms with Gasteiger partial charge in [-0.05, 0) is 96.3 Å². The fraction of sp³-hybridized carbons (Fsp3) is 0.114. The third-order valence-corrected chi connectivity index (χ3v) is 8.22. The number of urea groups is 1. The molecule has 0 saturated heterocycles. The second-order valence-electron chi connectivity index (χ2n) is 10.7.